The highest BCUT2D eigenvalue weighted by Crippen LogP contribution is 2.32. The van der Waals surface area contributed by atoms with Crippen molar-refractivity contribution in [3.8, 4) is 22.8 Å². The van der Waals surface area contributed by atoms with Gasteiger partial charge in [0.05, 0.1) is 12.2 Å². The van der Waals surface area contributed by atoms with E-state index in [-0.39, 0.29) is 12.1 Å². The number of carbonyl (C=O) groups is 1. The van der Waals surface area contributed by atoms with Gasteiger partial charge < -0.3 is 14.4 Å². The number of fused-ring (bicyclic) bond motifs is 1. The van der Waals surface area contributed by atoms with E-state index in [2.05, 4.69) is 31.9 Å². The molecule has 1 aliphatic heterocycles. The molecule has 8 nitrogen and oxygen atoms in total. The lowest BCUT2D eigenvalue weighted by molar-refractivity contribution is 0.0186. The van der Waals surface area contributed by atoms with E-state index in [0.717, 1.165) is 29.4 Å². The molecule has 0 aliphatic carbocycles. The summed E-state index contributed by atoms with van der Waals surface area (Å²) in [6, 6.07) is 10.2. The first-order chi connectivity index (χ1) is 16.4. The molecule has 1 aromatic carbocycles. The number of thiophene rings is 1. The van der Waals surface area contributed by atoms with E-state index in [1.165, 1.54) is 11.9 Å². The number of hydrogen-bond donors (Lipinski definition) is 0. The molecule has 0 N–H and O–H groups in total. The summed E-state index contributed by atoms with van der Waals surface area (Å²) >= 11 is 1.68. The fraction of sp³-hybridized carbons (Fsp3) is 0.360. The zero-order valence-electron chi connectivity index (χ0n) is 19.5. The van der Waals surface area contributed by atoms with Crippen molar-refractivity contribution >= 4 is 28.5 Å². The van der Waals surface area contributed by atoms with Gasteiger partial charge >= 0.3 is 6.09 Å². The van der Waals surface area contributed by atoms with Gasteiger partial charge in [-0.3, -0.25) is 0 Å². The number of hydrogen-bond acceptors (Lipinski definition) is 7. The maximum absolute atomic E-state index is 12.4. The fourth-order valence-electron chi connectivity index (χ4n) is 4.06. The summed E-state index contributed by atoms with van der Waals surface area (Å²) in [4.78, 5) is 23.0. The van der Waals surface area contributed by atoms with E-state index in [1.807, 2.05) is 49.7 Å². The summed E-state index contributed by atoms with van der Waals surface area (Å²) in [5.41, 5.74) is 2.58. The first-order valence-corrected chi connectivity index (χ1v) is 12.3. The number of benzene rings is 1. The van der Waals surface area contributed by atoms with E-state index in [1.54, 1.807) is 22.4 Å². The SMILES string of the molecule is CC(C)(C)OC(=O)N1CCC(n2ncc3c(Oc4ccc(-c5ccsc5)cc4)ncnc32)CC1. The van der Waals surface area contributed by atoms with Crippen LogP contribution < -0.4 is 4.74 Å². The Morgan fingerprint density at radius 3 is 2.50 bits per heavy atom. The average molecular weight is 478 g/mol. The van der Waals surface area contributed by atoms with Crippen LogP contribution in [0.2, 0.25) is 0 Å². The predicted octanol–water partition coefficient (Wildman–Crippen LogP) is 5.92. The minimum atomic E-state index is -0.496. The summed E-state index contributed by atoms with van der Waals surface area (Å²) < 4.78 is 13.5. The van der Waals surface area contributed by atoms with E-state index in [0.29, 0.717) is 24.7 Å². The van der Waals surface area contributed by atoms with Gasteiger partial charge in [0.25, 0.3) is 0 Å². The molecule has 176 valence electrons. The van der Waals surface area contributed by atoms with Crippen LogP contribution in [0.4, 0.5) is 4.79 Å². The van der Waals surface area contributed by atoms with Gasteiger partial charge in [-0.05, 0) is 73.7 Å². The summed E-state index contributed by atoms with van der Waals surface area (Å²) in [6.07, 6.45) is 4.55. The topological polar surface area (TPSA) is 82.4 Å². The number of piperidine rings is 1. The van der Waals surface area contributed by atoms with Gasteiger partial charge in [-0.2, -0.15) is 16.4 Å². The van der Waals surface area contributed by atoms with Gasteiger partial charge in [-0.25, -0.2) is 19.4 Å². The van der Waals surface area contributed by atoms with Crippen molar-refractivity contribution in [2.45, 2.75) is 45.3 Å². The fourth-order valence-corrected chi connectivity index (χ4v) is 4.73. The highest BCUT2D eigenvalue weighted by Gasteiger charge is 2.29. The third-order valence-corrected chi connectivity index (χ3v) is 6.42. The molecule has 0 spiro atoms. The zero-order chi connectivity index (χ0) is 23.7. The van der Waals surface area contributed by atoms with Crippen LogP contribution in [0.5, 0.6) is 11.6 Å². The maximum atomic E-state index is 12.4. The molecule has 34 heavy (non-hydrogen) atoms. The summed E-state index contributed by atoms with van der Waals surface area (Å²) in [5.74, 6) is 1.18. The van der Waals surface area contributed by atoms with Crippen molar-refractivity contribution in [1.29, 1.82) is 0 Å². The monoisotopic (exact) mass is 477 g/mol. The molecule has 1 aliphatic rings. The zero-order valence-corrected chi connectivity index (χ0v) is 20.3. The van der Waals surface area contributed by atoms with E-state index in [4.69, 9.17) is 9.47 Å². The van der Waals surface area contributed by atoms with Crippen LogP contribution in [0.25, 0.3) is 22.2 Å². The second-order valence-electron chi connectivity index (χ2n) is 9.34. The van der Waals surface area contributed by atoms with Crippen LogP contribution in [-0.2, 0) is 4.74 Å². The first-order valence-electron chi connectivity index (χ1n) is 11.3. The van der Waals surface area contributed by atoms with Crippen molar-refractivity contribution < 1.29 is 14.3 Å². The van der Waals surface area contributed by atoms with E-state index in [9.17, 15) is 4.79 Å². The Bertz CT molecular complexity index is 1270. The smallest absolute Gasteiger partial charge is 0.410 e. The van der Waals surface area contributed by atoms with E-state index < -0.39 is 5.60 Å². The first kappa shape index (κ1) is 22.3. The van der Waals surface area contributed by atoms with Crippen molar-refractivity contribution in [3.05, 3.63) is 53.6 Å². The predicted molar refractivity (Wildman–Crippen MR) is 131 cm³/mol. The summed E-state index contributed by atoms with van der Waals surface area (Å²) in [6.45, 7) is 6.87. The lowest BCUT2D eigenvalue weighted by Gasteiger charge is -2.33. The molecule has 0 bridgehead atoms. The number of aromatic nitrogens is 4. The van der Waals surface area contributed by atoms with Crippen LogP contribution in [-0.4, -0.2) is 49.4 Å². The Morgan fingerprint density at radius 1 is 1.06 bits per heavy atom. The molecule has 0 radical (unpaired) electrons. The Hall–Kier alpha value is -3.46. The number of ether oxygens (including phenoxy) is 2. The van der Waals surface area contributed by atoms with Gasteiger partial charge in [-0.15, -0.1) is 0 Å². The Morgan fingerprint density at radius 2 is 1.82 bits per heavy atom. The second kappa shape index (κ2) is 9.06. The molecule has 5 rings (SSSR count). The molecule has 0 unspecified atom stereocenters. The number of rotatable bonds is 4. The standard InChI is InChI=1S/C25H27N5O3S/c1-25(2,3)33-24(31)29-11-8-19(9-12-29)30-22-21(14-28-30)23(27-16-26-22)32-20-6-4-17(5-7-20)18-10-13-34-15-18/h4-7,10,13-16,19H,8-9,11-12H2,1-3H3. The molecular weight excluding hydrogens is 450 g/mol. The van der Waals surface area contributed by atoms with Crippen molar-refractivity contribution in [2.24, 2.45) is 0 Å². The molecule has 1 amide bonds. The van der Waals surface area contributed by atoms with Crippen molar-refractivity contribution in [3.63, 3.8) is 0 Å². The highest BCUT2D eigenvalue weighted by molar-refractivity contribution is 7.08. The number of likely N-dealkylation sites (tertiary alicyclic amines) is 1. The maximum Gasteiger partial charge on any atom is 0.410 e. The van der Waals surface area contributed by atoms with Crippen LogP contribution in [0.15, 0.2) is 53.6 Å². The Kier molecular flexibility index (Phi) is 5.95. The molecule has 1 fully saturated rings. The lowest BCUT2D eigenvalue weighted by atomic mass is 10.1. The third-order valence-electron chi connectivity index (χ3n) is 5.74. The minimum absolute atomic E-state index is 0.142. The molecule has 4 heterocycles. The molecule has 4 aromatic rings. The largest absolute Gasteiger partial charge is 0.444 e. The van der Waals surface area contributed by atoms with Crippen LogP contribution in [0, 0.1) is 0 Å². The van der Waals surface area contributed by atoms with Crippen LogP contribution >= 0.6 is 11.3 Å². The number of amides is 1. The molecule has 0 atom stereocenters. The van der Waals surface area contributed by atoms with Crippen LogP contribution in [0.3, 0.4) is 0 Å². The average Bonchev–Trinajstić information content (AvgIpc) is 3.50. The van der Waals surface area contributed by atoms with Gasteiger partial charge in [0, 0.05) is 13.1 Å². The summed E-state index contributed by atoms with van der Waals surface area (Å²) in [5, 5.41) is 9.55. The quantitative estimate of drug-likeness (QED) is 0.363. The van der Waals surface area contributed by atoms with Crippen molar-refractivity contribution in [1.82, 2.24) is 24.6 Å². The van der Waals surface area contributed by atoms with Gasteiger partial charge in [0.1, 0.15) is 23.1 Å². The molecular formula is C25H27N5O3S. The second-order valence-corrected chi connectivity index (χ2v) is 10.1. The molecule has 9 heteroatoms. The normalized spacial score (nSPS) is 15.0. The minimum Gasteiger partial charge on any atom is -0.444 e. The third kappa shape index (κ3) is 4.75. The number of carbonyl (C=O) groups excluding carboxylic acids is 1. The molecule has 0 saturated carbocycles. The van der Waals surface area contributed by atoms with Gasteiger partial charge in [0.15, 0.2) is 5.65 Å². The number of nitrogens with zero attached hydrogens (tertiary/aromatic N) is 5. The molecule has 1 saturated heterocycles. The highest BCUT2D eigenvalue weighted by atomic mass is 32.1. The van der Waals surface area contributed by atoms with Crippen molar-refractivity contribution in [2.75, 3.05) is 13.1 Å². The lowest BCUT2D eigenvalue weighted by Crippen LogP contribution is -2.42. The van der Waals surface area contributed by atoms with Gasteiger partial charge in [0.2, 0.25) is 5.88 Å². The summed E-state index contributed by atoms with van der Waals surface area (Å²) in [7, 11) is 0. The Balaban J connectivity index is 1.29. The Labute approximate surface area is 202 Å². The van der Waals surface area contributed by atoms with Gasteiger partial charge in [-0.1, -0.05) is 12.1 Å². The van der Waals surface area contributed by atoms with Crippen LogP contribution in [0.1, 0.15) is 39.7 Å². The molecule has 3 aromatic heterocycles. The van der Waals surface area contributed by atoms with E-state index >= 15 is 0 Å².